The van der Waals surface area contributed by atoms with Gasteiger partial charge in [-0.3, -0.25) is 14.5 Å². The molecule has 156 valence electrons. The molecule has 2 aromatic heterocycles. The molecule has 0 unspecified atom stereocenters. The minimum Gasteiger partial charge on any atom is -0.355 e. The lowest BCUT2D eigenvalue weighted by Gasteiger charge is -2.12. The molecular weight excluding hydrogens is 416 g/mol. The zero-order valence-corrected chi connectivity index (χ0v) is 17.3. The van der Waals surface area contributed by atoms with E-state index in [0.717, 1.165) is 0 Å². The highest BCUT2D eigenvalue weighted by molar-refractivity contribution is 7.92. The average Bonchev–Trinajstić information content (AvgIpc) is 3.28. The van der Waals surface area contributed by atoms with E-state index >= 15 is 0 Å². The maximum absolute atomic E-state index is 12.6. The summed E-state index contributed by atoms with van der Waals surface area (Å²) in [5.74, 6) is -0.0712. The van der Waals surface area contributed by atoms with Gasteiger partial charge in [0.15, 0.2) is 11.5 Å². The first-order valence-electron chi connectivity index (χ1n) is 9.29. The van der Waals surface area contributed by atoms with Gasteiger partial charge < -0.3 is 9.84 Å². The van der Waals surface area contributed by atoms with Crippen LogP contribution in [-0.4, -0.2) is 24.5 Å². The number of pyridine rings is 1. The van der Waals surface area contributed by atoms with Crippen LogP contribution in [0.2, 0.25) is 0 Å². The zero-order valence-electron chi connectivity index (χ0n) is 16.4. The van der Waals surface area contributed by atoms with E-state index < -0.39 is 15.9 Å². The topological polar surface area (TPSA) is 114 Å². The lowest BCUT2D eigenvalue weighted by atomic mass is 10.2. The summed E-state index contributed by atoms with van der Waals surface area (Å²) in [6, 6.07) is 18.0. The Morgan fingerprint density at radius 1 is 1.00 bits per heavy atom. The monoisotopic (exact) mass is 434 g/mol. The summed E-state index contributed by atoms with van der Waals surface area (Å²) in [4.78, 5) is 16.7. The van der Waals surface area contributed by atoms with Crippen molar-refractivity contribution in [2.75, 3.05) is 10.0 Å². The number of nitrogens with zero attached hydrogens (tertiary/aromatic N) is 2. The van der Waals surface area contributed by atoms with Gasteiger partial charge in [-0.2, -0.15) is 0 Å². The molecule has 0 fully saturated rings. The number of amides is 1. The molecule has 9 heteroatoms. The van der Waals surface area contributed by atoms with Crippen molar-refractivity contribution < 1.29 is 17.7 Å². The second kappa shape index (κ2) is 8.41. The third-order valence-electron chi connectivity index (χ3n) is 4.48. The van der Waals surface area contributed by atoms with Crippen LogP contribution < -0.4 is 10.0 Å². The average molecular weight is 434 g/mol. The lowest BCUT2D eigenvalue weighted by molar-refractivity contribution is 0.101. The molecule has 0 aliphatic rings. The number of sulfonamides is 1. The fourth-order valence-electron chi connectivity index (χ4n) is 2.83. The van der Waals surface area contributed by atoms with Gasteiger partial charge in [-0.05, 0) is 48.9 Å². The van der Waals surface area contributed by atoms with Crippen LogP contribution in [0, 0.1) is 6.92 Å². The highest BCUT2D eigenvalue weighted by Gasteiger charge is 2.17. The van der Waals surface area contributed by atoms with Gasteiger partial charge in [0.05, 0.1) is 10.6 Å². The molecule has 8 nitrogen and oxygen atoms in total. The Hall–Kier alpha value is -3.98. The van der Waals surface area contributed by atoms with E-state index in [2.05, 4.69) is 20.2 Å². The molecule has 31 heavy (non-hydrogen) atoms. The van der Waals surface area contributed by atoms with Gasteiger partial charge in [0.2, 0.25) is 0 Å². The van der Waals surface area contributed by atoms with Crippen molar-refractivity contribution in [3.63, 3.8) is 0 Å². The van der Waals surface area contributed by atoms with Gasteiger partial charge in [0, 0.05) is 29.7 Å². The fraction of sp³-hybridized carbons (Fsp3) is 0.0455. The first-order chi connectivity index (χ1) is 14.9. The highest BCUT2D eigenvalue weighted by Crippen LogP contribution is 2.25. The minimum absolute atomic E-state index is 0.0887. The van der Waals surface area contributed by atoms with Crippen LogP contribution in [0.5, 0.6) is 0 Å². The molecule has 0 atom stereocenters. The van der Waals surface area contributed by atoms with Gasteiger partial charge in [-0.15, -0.1) is 0 Å². The van der Waals surface area contributed by atoms with Crippen molar-refractivity contribution >= 4 is 27.3 Å². The third-order valence-corrected chi connectivity index (χ3v) is 5.86. The quantitative estimate of drug-likeness (QED) is 0.472. The van der Waals surface area contributed by atoms with E-state index in [1.165, 1.54) is 18.2 Å². The molecule has 2 heterocycles. The molecule has 0 bridgehead atoms. The summed E-state index contributed by atoms with van der Waals surface area (Å²) >= 11 is 0. The maximum Gasteiger partial charge on any atom is 0.277 e. The van der Waals surface area contributed by atoms with E-state index in [0.29, 0.717) is 28.3 Å². The number of hydrogen-bond acceptors (Lipinski definition) is 6. The smallest absolute Gasteiger partial charge is 0.277 e. The van der Waals surface area contributed by atoms with Crippen LogP contribution in [0.25, 0.3) is 11.3 Å². The second-order valence-corrected chi connectivity index (χ2v) is 8.40. The molecule has 0 aliphatic carbocycles. The maximum atomic E-state index is 12.6. The summed E-state index contributed by atoms with van der Waals surface area (Å²) in [5, 5.41) is 6.51. The standard InChI is InChI=1S/C22H18N4O4S/c1-15-9-10-17(12-19(15)26-31(28,29)18-7-3-2-4-8-18)24-22(27)20-13-21(30-25-20)16-6-5-11-23-14-16/h2-14,26H,1H3,(H,24,27). The van der Waals surface area contributed by atoms with E-state index in [9.17, 15) is 13.2 Å². The van der Waals surface area contributed by atoms with Crippen molar-refractivity contribution in [1.29, 1.82) is 0 Å². The summed E-state index contributed by atoms with van der Waals surface area (Å²) in [7, 11) is -3.76. The molecule has 4 aromatic rings. The van der Waals surface area contributed by atoms with E-state index in [4.69, 9.17) is 4.52 Å². The van der Waals surface area contributed by atoms with Crippen LogP contribution in [0.1, 0.15) is 16.1 Å². The number of nitrogens with one attached hydrogen (secondary N) is 2. The van der Waals surface area contributed by atoms with Crippen LogP contribution in [0.3, 0.4) is 0 Å². The Kier molecular flexibility index (Phi) is 5.50. The fourth-order valence-corrected chi connectivity index (χ4v) is 3.98. The molecule has 0 saturated heterocycles. The molecule has 0 radical (unpaired) electrons. The third kappa shape index (κ3) is 4.62. The Morgan fingerprint density at radius 3 is 2.55 bits per heavy atom. The predicted octanol–water partition coefficient (Wildman–Crippen LogP) is 4.10. The number of hydrogen-bond donors (Lipinski definition) is 2. The largest absolute Gasteiger partial charge is 0.355 e. The Morgan fingerprint density at radius 2 is 1.81 bits per heavy atom. The van der Waals surface area contributed by atoms with Crippen LogP contribution >= 0.6 is 0 Å². The van der Waals surface area contributed by atoms with Crippen molar-refractivity contribution in [2.45, 2.75) is 11.8 Å². The predicted molar refractivity (Wildman–Crippen MR) is 116 cm³/mol. The Bertz CT molecular complexity index is 1320. The van der Waals surface area contributed by atoms with Crippen molar-refractivity contribution in [3.05, 3.63) is 90.4 Å². The molecule has 0 saturated carbocycles. The Balaban J connectivity index is 1.52. The number of aryl methyl sites for hydroxylation is 1. The number of benzene rings is 2. The number of carbonyl (C=O) groups is 1. The molecule has 2 aromatic carbocycles. The second-order valence-electron chi connectivity index (χ2n) is 6.72. The van der Waals surface area contributed by atoms with Gasteiger partial charge in [0.25, 0.3) is 15.9 Å². The molecule has 4 rings (SSSR count). The van der Waals surface area contributed by atoms with Crippen LogP contribution in [-0.2, 0) is 10.0 Å². The highest BCUT2D eigenvalue weighted by atomic mass is 32.2. The SMILES string of the molecule is Cc1ccc(NC(=O)c2cc(-c3cccnc3)on2)cc1NS(=O)(=O)c1ccccc1. The molecule has 0 spiro atoms. The summed E-state index contributed by atoms with van der Waals surface area (Å²) in [6.45, 7) is 1.77. The van der Waals surface area contributed by atoms with Gasteiger partial charge >= 0.3 is 0 Å². The van der Waals surface area contributed by atoms with E-state index in [-0.39, 0.29) is 10.6 Å². The molecule has 2 N–H and O–H groups in total. The first-order valence-corrected chi connectivity index (χ1v) is 10.8. The Labute approximate surface area is 179 Å². The van der Waals surface area contributed by atoms with Gasteiger partial charge in [0.1, 0.15) is 0 Å². The first kappa shape index (κ1) is 20.3. The van der Waals surface area contributed by atoms with Crippen molar-refractivity contribution in [2.24, 2.45) is 0 Å². The van der Waals surface area contributed by atoms with Gasteiger partial charge in [-0.25, -0.2) is 8.42 Å². The van der Waals surface area contributed by atoms with Crippen LogP contribution in [0.4, 0.5) is 11.4 Å². The van der Waals surface area contributed by atoms with E-state index in [1.54, 1.807) is 67.8 Å². The summed E-state index contributed by atoms with van der Waals surface area (Å²) in [6.07, 6.45) is 3.24. The number of aromatic nitrogens is 2. The zero-order chi connectivity index (χ0) is 21.8. The van der Waals surface area contributed by atoms with Crippen molar-refractivity contribution in [1.82, 2.24) is 10.1 Å². The number of rotatable bonds is 6. The number of anilines is 2. The summed E-state index contributed by atoms with van der Waals surface area (Å²) in [5.41, 5.74) is 2.26. The molecule has 1 amide bonds. The van der Waals surface area contributed by atoms with Gasteiger partial charge in [-0.1, -0.05) is 29.4 Å². The number of carbonyl (C=O) groups excluding carboxylic acids is 1. The van der Waals surface area contributed by atoms with E-state index in [1.807, 2.05) is 0 Å². The molecule has 0 aliphatic heterocycles. The lowest BCUT2D eigenvalue weighted by Crippen LogP contribution is -2.15. The molecular formula is C22H18N4O4S. The van der Waals surface area contributed by atoms with Crippen LogP contribution in [0.15, 0.2) is 88.5 Å². The summed E-state index contributed by atoms with van der Waals surface area (Å²) < 4.78 is 33.0. The normalized spacial score (nSPS) is 11.1. The van der Waals surface area contributed by atoms with Crippen molar-refractivity contribution in [3.8, 4) is 11.3 Å². The minimum atomic E-state index is -3.76.